The van der Waals surface area contributed by atoms with Crippen molar-refractivity contribution in [2.75, 3.05) is 0 Å². The summed E-state index contributed by atoms with van der Waals surface area (Å²) in [5.41, 5.74) is 2.52. The molecule has 0 aliphatic rings. The highest BCUT2D eigenvalue weighted by Crippen LogP contribution is 2.21. The molecule has 0 radical (unpaired) electrons. The van der Waals surface area contributed by atoms with E-state index < -0.39 is 0 Å². The quantitative estimate of drug-likeness (QED) is 0.180. The number of aromatic nitrogens is 2. The summed E-state index contributed by atoms with van der Waals surface area (Å²) in [6.07, 6.45) is 13.3. The molecule has 0 saturated carbocycles. The molecule has 2 aromatic carbocycles. The van der Waals surface area contributed by atoms with Crippen LogP contribution in [0.3, 0.4) is 0 Å². The SMILES string of the molecule is CCCCCCCCCCc1ccnc(-c2ccc(OC(=O)c3ccccc3)cc2)n1. The Morgan fingerprint density at radius 1 is 0.806 bits per heavy atom. The van der Waals surface area contributed by atoms with E-state index in [2.05, 4.69) is 11.9 Å². The molecule has 0 aliphatic carbocycles. The monoisotopic (exact) mass is 416 g/mol. The summed E-state index contributed by atoms with van der Waals surface area (Å²) in [6.45, 7) is 2.26. The van der Waals surface area contributed by atoms with Crippen LogP contribution >= 0.6 is 0 Å². The van der Waals surface area contributed by atoms with Gasteiger partial charge in [-0.05, 0) is 55.3 Å². The summed E-state index contributed by atoms with van der Waals surface area (Å²) < 4.78 is 5.44. The smallest absolute Gasteiger partial charge is 0.343 e. The van der Waals surface area contributed by atoms with Crippen molar-refractivity contribution in [2.45, 2.75) is 64.7 Å². The zero-order chi connectivity index (χ0) is 21.7. The van der Waals surface area contributed by atoms with Crippen molar-refractivity contribution in [1.29, 1.82) is 0 Å². The van der Waals surface area contributed by atoms with E-state index in [-0.39, 0.29) is 5.97 Å². The molecule has 4 heteroatoms. The Kier molecular flexibility index (Phi) is 9.24. The molecule has 1 heterocycles. The first-order valence-corrected chi connectivity index (χ1v) is 11.5. The van der Waals surface area contributed by atoms with Gasteiger partial charge in [-0.1, -0.05) is 70.1 Å². The van der Waals surface area contributed by atoms with E-state index in [1.807, 2.05) is 42.6 Å². The van der Waals surface area contributed by atoms with Crippen LogP contribution in [-0.4, -0.2) is 15.9 Å². The van der Waals surface area contributed by atoms with Crippen LogP contribution < -0.4 is 4.74 Å². The molecule has 3 rings (SSSR count). The summed E-state index contributed by atoms with van der Waals surface area (Å²) in [6, 6.07) is 18.3. The lowest BCUT2D eigenvalue weighted by atomic mass is 10.1. The fourth-order valence-electron chi connectivity index (χ4n) is 3.53. The number of benzene rings is 2. The number of aryl methyl sites for hydroxylation is 1. The molecule has 0 N–H and O–H groups in total. The lowest BCUT2D eigenvalue weighted by Gasteiger charge is -2.07. The minimum absolute atomic E-state index is 0.364. The number of nitrogens with zero attached hydrogens (tertiary/aromatic N) is 2. The van der Waals surface area contributed by atoms with E-state index in [0.717, 1.165) is 17.7 Å². The summed E-state index contributed by atoms with van der Waals surface area (Å²) >= 11 is 0. The highest BCUT2D eigenvalue weighted by atomic mass is 16.5. The molecule has 3 aromatic rings. The van der Waals surface area contributed by atoms with Gasteiger partial charge in [0.2, 0.25) is 0 Å². The van der Waals surface area contributed by atoms with Gasteiger partial charge in [-0.3, -0.25) is 0 Å². The second-order valence-corrected chi connectivity index (χ2v) is 7.88. The molecule has 0 spiro atoms. The van der Waals surface area contributed by atoms with Gasteiger partial charge in [0.1, 0.15) is 5.75 Å². The van der Waals surface area contributed by atoms with E-state index in [1.165, 1.54) is 51.4 Å². The van der Waals surface area contributed by atoms with Gasteiger partial charge in [-0.15, -0.1) is 0 Å². The molecule has 0 fully saturated rings. The van der Waals surface area contributed by atoms with Gasteiger partial charge in [-0.2, -0.15) is 0 Å². The van der Waals surface area contributed by atoms with Crippen LogP contribution in [0, 0.1) is 0 Å². The first kappa shape index (κ1) is 22.7. The lowest BCUT2D eigenvalue weighted by molar-refractivity contribution is 0.0735. The van der Waals surface area contributed by atoms with Crippen molar-refractivity contribution in [2.24, 2.45) is 0 Å². The summed E-state index contributed by atoms with van der Waals surface area (Å²) in [5, 5.41) is 0. The molecular weight excluding hydrogens is 384 g/mol. The molecule has 4 nitrogen and oxygen atoms in total. The van der Waals surface area contributed by atoms with Gasteiger partial charge < -0.3 is 4.74 Å². The Bertz CT molecular complexity index is 923. The Hall–Kier alpha value is -3.01. The van der Waals surface area contributed by atoms with Gasteiger partial charge in [0.15, 0.2) is 5.82 Å². The normalized spacial score (nSPS) is 10.7. The number of hydrogen-bond donors (Lipinski definition) is 0. The number of esters is 1. The van der Waals surface area contributed by atoms with Crippen molar-refractivity contribution < 1.29 is 9.53 Å². The largest absolute Gasteiger partial charge is 0.423 e. The third-order valence-corrected chi connectivity index (χ3v) is 5.33. The standard InChI is InChI=1S/C27H32N2O2/c1-2-3-4-5-6-7-8-12-15-24-20-21-28-26(29-24)22-16-18-25(19-17-22)31-27(30)23-13-10-9-11-14-23/h9-11,13-14,16-21H,2-8,12,15H2,1H3. The number of ether oxygens (including phenoxy) is 1. The van der Waals surface area contributed by atoms with E-state index in [4.69, 9.17) is 9.72 Å². The molecular formula is C27H32N2O2. The maximum absolute atomic E-state index is 12.2. The van der Waals surface area contributed by atoms with Crippen LogP contribution in [0.2, 0.25) is 0 Å². The fourth-order valence-corrected chi connectivity index (χ4v) is 3.53. The Morgan fingerprint density at radius 3 is 2.19 bits per heavy atom. The Balaban J connectivity index is 1.48. The van der Waals surface area contributed by atoms with E-state index in [0.29, 0.717) is 17.1 Å². The second-order valence-electron chi connectivity index (χ2n) is 7.88. The van der Waals surface area contributed by atoms with Crippen molar-refractivity contribution in [1.82, 2.24) is 9.97 Å². The van der Waals surface area contributed by atoms with Gasteiger partial charge >= 0.3 is 5.97 Å². The van der Waals surface area contributed by atoms with Crippen molar-refractivity contribution in [3.8, 4) is 17.1 Å². The van der Waals surface area contributed by atoms with E-state index in [9.17, 15) is 4.79 Å². The molecule has 0 amide bonds. The average molecular weight is 417 g/mol. The maximum Gasteiger partial charge on any atom is 0.343 e. The molecule has 0 bridgehead atoms. The van der Waals surface area contributed by atoms with Crippen molar-refractivity contribution >= 4 is 5.97 Å². The minimum atomic E-state index is -0.364. The molecule has 31 heavy (non-hydrogen) atoms. The highest BCUT2D eigenvalue weighted by Gasteiger charge is 2.09. The maximum atomic E-state index is 12.2. The molecule has 0 unspecified atom stereocenters. The molecule has 1 aromatic heterocycles. The second kappa shape index (κ2) is 12.6. The van der Waals surface area contributed by atoms with E-state index >= 15 is 0 Å². The Labute approximate surface area is 185 Å². The lowest BCUT2D eigenvalue weighted by Crippen LogP contribution is -2.07. The highest BCUT2D eigenvalue weighted by molar-refractivity contribution is 5.91. The summed E-state index contributed by atoms with van der Waals surface area (Å²) in [5.74, 6) is 0.850. The third kappa shape index (κ3) is 7.63. The number of unbranched alkanes of at least 4 members (excludes halogenated alkanes) is 7. The molecule has 162 valence electrons. The summed E-state index contributed by atoms with van der Waals surface area (Å²) in [7, 11) is 0. The van der Waals surface area contributed by atoms with Crippen LogP contribution in [0.15, 0.2) is 66.9 Å². The van der Waals surface area contributed by atoms with Crippen molar-refractivity contribution in [3.63, 3.8) is 0 Å². The number of carbonyl (C=O) groups is 1. The zero-order valence-electron chi connectivity index (χ0n) is 18.4. The predicted molar refractivity (Wildman–Crippen MR) is 125 cm³/mol. The number of rotatable bonds is 12. The van der Waals surface area contributed by atoms with Crippen molar-refractivity contribution in [3.05, 3.63) is 78.1 Å². The molecule has 0 atom stereocenters. The van der Waals surface area contributed by atoms with Crippen LogP contribution in [0.25, 0.3) is 11.4 Å². The van der Waals surface area contributed by atoms with Crippen LogP contribution in [0.5, 0.6) is 5.75 Å². The topological polar surface area (TPSA) is 52.1 Å². The van der Waals surface area contributed by atoms with Gasteiger partial charge in [0.05, 0.1) is 5.56 Å². The zero-order valence-corrected chi connectivity index (χ0v) is 18.4. The summed E-state index contributed by atoms with van der Waals surface area (Å²) in [4.78, 5) is 21.3. The van der Waals surface area contributed by atoms with Gasteiger partial charge in [-0.25, -0.2) is 14.8 Å². The molecule has 0 saturated heterocycles. The number of hydrogen-bond acceptors (Lipinski definition) is 4. The average Bonchev–Trinajstić information content (AvgIpc) is 2.82. The molecule has 0 aliphatic heterocycles. The van der Waals surface area contributed by atoms with Crippen LogP contribution in [0.4, 0.5) is 0 Å². The Morgan fingerprint density at radius 2 is 1.48 bits per heavy atom. The minimum Gasteiger partial charge on any atom is -0.423 e. The fraction of sp³-hybridized carbons (Fsp3) is 0.370. The van der Waals surface area contributed by atoms with Gasteiger partial charge in [0, 0.05) is 17.5 Å². The van der Waals surface area contributed by atoms with Crippen LogP contribution in [0.1, 0.15) is 74.3 Å². The van der Waals surface area contributed by atoms with E-state index in [1.54, 1.807) is 24.3 Å². The first-order valence-electron chi connectivity index (χ1n) is 11.5. The van der Waals surface area contributed by atoms with Crippen LogP contribution in [-0.2, 0) is 6.42 Å². The first-order chi connectivity index (χ1) is 15.3. The predicted octanol–water partition coefficient (Wildman–Crippen LogP) is 7.05. The van der Waals surface area contributed by atoms with Gasteiger partial charge in [0.25, 0.3) is 0 Å². The number of carbonyl (C=O) groups excluding carboxylic acids is 1. The third-order valence-electron chi connectivity index (χ3n) is 5.33.